The van der Waals surface area contributed by atoms with Gasteiger partial charge in [-0.15, -0.1) is 0 Å². The van der Waals surface area contributed by atoms with E-state index in [2.05, 4.69) is 6.08 Å². The Hall–Kier alpha value is -1.90. The van der Waals surface area contributed by atoms with Crippen LogP contribution in [0.4, 0.5) is 0 Å². The summed E-state index contributed by atoms with van der Waals surface area (Å²) in [6, 6.07) is 5.67. The first kappa shape index (κ1) is 18.4. The van der Waals surface area contributed by atoms with E-state index in [1.165, 1.54) is 18.4 Å². The summed E-state index contributed by atoms with van der Waals surface area (Å²) < 4.78 is 0. The van der Waals surface area contributed by atoms with Crippen molar-refractivity contribution in [3.05, 3.63) is 46.5 Å². The van der Waals surface area contributed by atoms with E-state index in [0.29, 0.717) is 18.4 Å². The van der Waals surface area contributed by atoms with Crippen molar-refractivity contribution in [2.75, 3.05) is 0 Å². The molecule has 0 radical (unpaired) electrons. The van der Waals surface area contributed by atoms with Crippen LogP contribution < -0.4 is 0 Å². The van der Waals surface area contributed by atoms with Crippen molar-refractivity contribution in [1.82, 2.24) is 0 Å². The first-order valence-electron chi connectivity index (χ1n) is 9.04. The minimum absolute atomic E-state index is 0.0512. The summed E-state index contributed by atoms with van der Waals surface area (Å²) in [6.07, 6.45) is 9.99. The highest BCUT2D eigenvalue weighted by Gasteiger charge is 2.20. The number of hydrogen-bond donors (Lipinski definition) is 1. The molecule has 0 bridgehead atoms. The molecule has 0 amide bonds. The maximum atomic E-state index is 11.7. The zero-order valence-corrected chi connectivity index (χ0v) is 14.8. The Kier molecular flexibility index (Phi) is 6.77. The Morgan fingerprint density at radius 3 is 2.58 bits per heavy atom. The Balaban J connectivity index is 2.08. The van der Waals surface area contributed by atoms with Crippen molar-refractivity contribution in [1.29, 1.82) is 0 Å². The van der Waals surface area contributed by atoms with E-state index in [9.17, 15) is 14.7 Å². The summed E-state index contributed by atoms with van der Waals surface area (Å²) in [5.74, 6) is -1.03. The lowest BCUT2D eigenvalue weighted by molar-refractivity contribution is -0.141. The third-order valence-electron chi connectivity index (χ3n) is 5.01. The highest BCUT2D eigenvalue weighted by Crippen LogP contribution is 2.26. The zero-order chi connectivity index (χ0) is 17.5. The molecule has 1 aromatic rings. The molecule has 0 spiro atoms. The summed E-state index contributed by atoms with van der Waals surface area (Å²) in [5.41, 5.74) is 4.28. The largest absolute Gasteiger partial charge is 0.481 e. The number of ketones is 1. The van der Waals surface area contributed by atoms with Crippen molar-refractivity contribution in [2.45, 2.75) is 65.2 Å². The number of carbonyl (C=O) groups excluding carboxylic acids is 1. The standard InChI is InChI=1S/C21H28O3/c1-3-17-13-18(15(2)22)11-12-19(17)14-20(21(23)24)10-9-16-7-5-4-6-8-16/h7,11-13,20H,3-6,8-10,14H2,1-2H3,(H,23,24). The van der Waals surface area contributed by atoms with Crippen LogP contribution in [0, 0.1) is 5.92 Å². The van der Waals surface area contributed by atoms with Gasteiger partial charge in [0, 0.05) is 5.56 Å². The lowest BCUT2D eigenvalue weighted by Crippen LogP contribution is -2.18. The summed E-state index contributed by atoms with van der Waals surface area (Å²) in [7, 11) is 0. The van der Waals surface area contributed by atoms with Crippen molar-refractivity contribution < 1.29 is 14.7 Å². The van der Waals surface area contributed by atoms with Crippen LogP contribution in [0.25, 0.3) is 0 Å². The Bertz CT molecular complexity index is 628. The number of aliphatic carboxylic acids is 1. The van der Waals surface area contributed by atoms with Gasteiger partial charge in [0.2, 0.25) is 0 Å². The number of carbonyl (C=O) groups is 2. The quantitative estimate of drug-likeness (QED) is 0.541. The number of carboxylic acid groups (broad SMARTS) is 1. The lowest BCUT2D eigenvalue weighted by atomic mass is 9.87. The second-order valence-electron chi connectivity index (χ2n) is 6.78. The molecule has 24 heavy (non-hydrogen) atoms. The van der Waals surface area contributed by atoms with E-state index in [0.717, 1.165) is 36.8 Å². The number of carboxylic acids is 1. The molecular weight excluding hydrogens is 300 g/mol. The molecule has 0 saturated heterocycles. The maximum Gasteiger partial charge on any atom is 0.306 e. The van der Waals surface area contributed by atoms with E-state index in [-0.39, 0.29) is 11.7 Å². The molecule has 0 fully saturated rings. The van der Waals surface area contributed by atoms with Crippen molar-refractivity contribution >= 4 is 11.8 Å². The number of rotatable bonds is 8. The van der Waals surface area contributed by atoms with Crippen LogP contribution in [0.1, 0.15) is 73.9 Å². The number of allylic oxidation sites excluding steroid dienone is 2. The van der Waals surface area contributed by atoms with Gasteiger partial charge >= 0.3 is 5.97 Å². The molecule has 0 aliphatic heterocycles. The maximum absolute atomic E-state index is 11.7. The molecule has 1 aliphatic rings. The Morgan fingerprint density at radius 1 is 1.21 bits per heavy atom. The highest BCUT2D eigenvalue weighted by atomic mass is 16.4. The number of aryl methyl sites for hydroxylation is 1. The second-order valence-corrected chi connectivity index (χ2v) is 6.78. The molecular formula is C21H28O3. The number of hydrogen-bond acceptors (Lipinski definition) is 2. The van der Waals surface area contributed by atoms with Gasteiger partial charge in [-0.2, -0.15) is 0 Å². The first-order valence-corrected chi connectivity index (χ1v) is 9.04. The fraction of sp³-hybridized carbons (Fsp3) is 0.524. The predicted octanol–water partition coefficient (Wildman–Crippen LogP) is 4.98. The van der Waals surface area contributed by atoms with Gasteiger partial charge < -0.3 is 5.11 Å². The fourth-order valence-electron chi connectivity index (χ4n) is 3.44. The van der Waals surface area contributed by atoms with Crippen molar-refractivity contribution in [3.63, 3.8) is 0 Å². The average Bonchev–Trinajstić information content (AvgIpc) is 2.59. The average molecular weight is 328 g/mol. The molecule has 0 heterocycles. The van der Waals surface area contributed by atoms with E-state index in [1.54, 1.807) is 6.92 Å². The van der Waals surface area contributed by atoms with Crippen LogP contribution in [0.3, 0.4) is 0 Å². The van der Waals surface area contributed by atoms with Gasteiger partial charge in [0.25, 0.3) is 0 Å². The minimum atomic E-state index is -0.718. The van der Waals surface area contributed by atoms with E-state index >= 15 is 0 Å². The Labute approximate surface area is 144 Å². The molecule has 1 aliphatic carbocycles. The molecule has 1 aromatic carbocycles. The van der Waals surface area contributed by atoms with Crippen LogP contribution in [-0.4, -0.2) is 16.9 Å². The molecule has 1 atom stereocenters. The number of Topliss-reactive ketones (excluding diaryl/α,β-unsaturated/α-hetero) is 1. The van der Waals surface area contributed by atoms with Crippen LogP contribution in [-0.2, 0) is 17.6 Å². The SMILES string of the molecule is CCc1cc(C(C)=O)ccc1CC(CCC1=CCCCC1)C(=O)O. The molecule has 1 unspecified atom stereocenters. The van der Waals surface area contributed by atoms with Gasteiger partial charge in [0.05, 0.1) is 5.92 Å². The third kappa shape index (κ3) is 5.05. The lowest BCUT2D eigenvalue weighted by Gasteiger charge is -2.18. The fourth-order valence-corrected chi connectivity index (χ4v) is 3.44. The summed E-state index contributed by atoms with van der Waals surface area (Å²) in [6.45, 7) is 3.61. The molecule has 1 N–H and O–H groups in total. The topological polar surface area (TPSA) is 54.4 Å². The molecule has 130 valence electrons. The van der Waals surface area contributed by atoms with Crippen molar-refractivity contribution in [2.24, 2.45) is 5.92 Å². The molecule has 3 heteroatoms. The van der Waals surface area contributed by atoms with Gasteiger partial charge in [-0.05, 0) is 75.5 Å². The van der Waals surface area contributed by atoms with E-state index in [1.807, 2.05) is 25.1 Å². The molecule has 0 saturated carbocycles. The smallest absolute Gasteiger partial charge is 0.306 e. The first-order chi connectivity index (χ1) is 11.5. The molecule has 0 aromatic heterocycles. The molecule has 3 nitrogen and oxygen atoms in total. The van der Waals surface area contributed by atoms with Gasteiger partial charge in [-0.1, -0.05) is 30.7 Å². The van der Waals surface area contributed by atoms with Gasteiger partial charge in [0.15, 0.2) is 5.78 Å². The highest BCUT2D eigenvalue weighted by molar-refractivity contribution is 5.94. The summed E-state index contributed by atoms with van der Waals surface area (Å²) >= 11 is 0. The van der Waals surface area contributed by atoms with Gasteiger partial charge in [0.1, 0.15) is 0 Å². The van der Waals surface area contributed by atoms with Crippen LogP contribution in [0.5, 0.6) is 0 Å². The van der Waals surface area contributed by atoms with Crippen LogP contribution >= 0.6 is 0 Å². The van der Waals surface area contributed by atoms with Gasteiger partial charge in [-0.25, -0.2) is 0 Å². The minimum Gasteiger partial charge on any atom is -0.481 e. The normalized spacial score (nSPS) is 15.7. The Morgan fingerprint density at radius 2 is 2.00 bits per heavy atom. The zero-order valence-electron chi connectivity index (χ0n) is 14.8. The third-order valence-corrected chi connectivity index (χ3v) is 5.01. The monoisotopic (exact) mass is 328 g/mol. The van der Waals surface area contributed by atoms with Gasteiger partial charge in [-0.3, -0.25) is 9.59 Å². The second kappa shape index (κ2) is 8.81. The predicted molar refractivity (Wildman–Crippen MR) is 96.4 cm³/mol. The van der Waals surface area contributed by atoms with Crippen molar-refractivity contribution in [3.8, 4) is 0 Å². The van der Waals surface area contributed by atoms with E-state index < -0.39 is 5.97 Å². The summed E-state index contributed by atoms with van der Waals surface area (Å²) in [5, 5.41) is 9.60. The van der Waals surface area contributed by atoms with Crippen LogP contribution in [0.2, 0.25) is 0 Å². The van der Waals surface area contributed by atoms with E-state index in [4.69, 9.17) is 0 Å². The summed E-state index contributed by atoms with van der Waals surface area (Å²) in [4.78, 5) is 23.2. The number of benzene rings is 1. The van der Waals surface area contributed by atoms with Crippen LogP contribution in [0.15, 0.2) is 29.8 Å². The molecule has 2 rings (SSSR count).